The predicted molar refractivity (Wildman–Crippen MR) is 120 cm³/mol. The Hall–Kier alpha value is -4.78. The first-order valence-corrected chi connectivity index (χ1v) is 10.5. The van der Waals surface area contributed by atoms with Crippen LogP contribution in [0.5, 0.6) is 0 Å². The van der Waals surface area contributed by atoms with Gasteiger partial charge >= 0.3 is 5.97 Å². The number of carbonyl (C=O) groups excluding carboxylic acids is 3. The van der Waals surface area contributed by atoms with Crippen LogP contribution in [-0.2, 0) is 9.53 Å². The van der Waals surface area contributed by atoms with Crippen molar-refractivity contribution in [1.82, 2.24) is 14.8 Å². The van der Waals surface area contributed by atoms with Gasteiger partial charge in [0.05, 0.1) is 34.9 Å². The highest BCUT2D eigenvalue weighted by Gasteiger charge is 2.41. The van der Waals surface area contributed by atoms with Crippen LogP contribution < -0.4 is 10.2 Å². The third kappa shape index (κ3) is 3.14. The lowest BCUT2D eigenvalue weighted by atomic mass is 9.95. The van der Waals surface area contributed by atoms with Gasteiger partial charge in [-0.3, -0.25) is 9.59 Å². The Bertz CT molecular complexity index is 1400. The van der Waals surface area contributed by atoms with Crippen molar-refractivity contribution in [2.75, 3.05) is 16.8 Å². The largest absolute Gasteiger partial charge is 0.463 e. The van der Waals surface area contributed by atoms with E-state index in [0.717, 1.165) is 4.90 Å². The van der Waals surface area contributed by atoms with Gasteiger partial charge in [-0.15, -0.1) is 5.10 Å². The molecule has 10 nitrogen and oxygen atoms in total. The van der Waals surface area contributed by atoms with Crippen LogP contribution in [0.1, 0.15) is 51.7 Å². The van der Waals surface area contributed by atoms with Gasteiger partial charge in [-0.2, -0.15) is 10.2 Å². The first-order valence-electron chi connectivity index (χ1n) is 10.5. The van der Waals surface area contributed by atoms with Crippen molar-refractivity contribution in [3.8, 4) is 6.07 Å². The maximum Gasteiger partial charge on any atom is 0.338 e. The van der Waals surface area contributed by atoms with Gasteiger partial charge in [0.2, 0.25) is 5.95 Å². The quantitative estimate of drug-likeness (QED) is 0.470. The second-order valence-electron chi connectivity index (χ2n) is 7.69. The van der Waals surface area contributed by atoms with Gasteiger partial charge in [0.15, 0.2) is 0 Å². The molecular weight excluding hydrogens is 436 g/mol. The first-order chi connectivity index (χ1) is 16.4. The van der Waals surface area contributed by atoms with Gasteiger partial charge in [0.1, 0.15) is 6.04 Å². The molecule has 0 fully saturated rings. The SMILES string of the molecule is CCOC(=O)C1=C(C)Nc2nc(N3C(=O)c4ccccc4C3=O)nn2C1c1ccc(C#N)cc1. The van der Waals surface area contributed by atoms with Crippen LogP contribution in [0.2, 0.25) is 0 Å². The maximum atomic E-state index is 12.9. The fraction of sp³-hybridized carbons (Fsp3) is 0.167. The first kappa shape index (κ1) is 21.1. The molecule has 5 rings (SSSR count). The van der Waals surface area contributed by atoms with Crippen LogP contribution in [0.25, 0.3) is 0 Å². The average Bonchev–Trinajstić information content (AvgIpc) is 3.36. The summed E-state index contributed by atoms with van der Waals surface area (Å²) < 4.78 is 6.72. The van der Waals surface area contributed by atoms with Crippen LogP contribution in [0, 0.1) is 11.3 Å². The monoisotopic (exact) mass is 454 g/mol. The Balaban J connectivity index is 1.62. The van der Waals surface area contributed by atoms with Crippen LogP contribution in [-0.4, -0.2) is 39.2 Å². The standard InChI is InChI=1S/C24H18N6O4/c1-3-34-22(33)18-13(2)26-23-27-24(29-20(31)16-6-4-5-7-17(16)21(29)32)28-30(23)19(18)15-10-8-14(12-25)9-11-15/h4-11,19H,3H2,1-2H3,(H,26,27,28). The highest BCUT2D eigenvalue weighted by molar-refractivity contribution is 6.33. The second-order valence-corrected chi connectivity index (χ2v) is 7.69. The zero-order chi connectivity index (χ0) is 24.0. The Labute approximate surface area is 194 Å². The van der Waals surface area contributed by atoms with Gasteiger partial charge in [0.25, 0.3) is 17.8 Å². The number of aromatic nitrogens is 3. The molecule has 3 aromatic rings. The van der Waals surface area contributed by atoms with Crippen LogP contribution in [0.4, 0.5) is 11.9 Å². The number of hydrogen-bond donors (Lipinski definition) is 1. The molecule has 0 spiro atoms. The summed E-state index contributed by atoms with van der Waals surface area (Å²) in [6.07, 6.45) is 0. The number of carbonyl (C=O) groups is 3. The number of fused-ring (bicyclic) bond motifs is 2. The summed E-state index contributed by atoms with van der Waals surface area (Å²) in [6, 6.07) is 14.5. The van der Waals surface area contributed by atoms with E-state index in [0.29, 0.717) is 22.4 Å². The molecule has 168 valence electrons. The number of rotatable bonds is 4. The Morgan fingerprint density at radius 3 is 2.35 bits per heavy atom. The van der Waals surface area contributed by atoms with Crippen LogP contribution in [0.15, 0.2) is 59.8 Å². The molecule has 10 heteroatoms. The molecule has 0 radical (unpaired) electrons. The summed E-state index contributed by atoms with van der Waals surface area (Å²) in [6.45, 7) is 3.60. The smallest absolute Gasteiger partial charge is 0.338 e. The van der Waals surface area contributed by atoms with Crippen molar-refractivity contribution in [1.29, 1.82) is 5.26 Å². The lowest BCUT2D eigenvalue weighted by Gasteiger charge is -2.28. The number of hydrogen-bond acceptors (Lipinski definition) is 8. The van der Waals surface area contributed by atoms with Gasteiger partial charge in [-0.05, 0) is 43.7 Å². The Morgan fingerprint density at radius 1 is 1.12 bits per heavy atom. The number of nitrogens with zero attached hydrogens (tertiary/aromatic N) is 5. The van der Waals surface area contributed by atoms with Crippen molar-refractivity contribution >= 4 is 29.7 Å². The third-order valence-electron chi connectivity index (χ3n) is 5.69. The summed E-state index contributed by atoms with van der Waals surface area (Å²) in [5.74, 6) is -1.43. The van der Waals surface area contributed by atoms with Crippen LogP contribution in [0.3, 0.4) is 0 Å². The molecular formula is C24H18N6O4. The molecule has 2 aliphatic rings. The zero-order valence-corrected chi connectivity index (χ0v) is 18.3. The summed E-state index contributed by atoms with van der Waals surface area (Å²) in [5, 5.41) is 16.7. The molecule has 2 amide bonds. The third-order valence-corrected chi connectivity index (χ3v) is 5.69. The Morgan fingerprint density at radius 2 is 1.76 bits per heavy atom. The number of allylic oxidation sites excluding steroid dienone is 1. The van der Waals surface area contributed by atoms with Crippen molar-refractivity contribution in [2.45, 2.75) is 19.9 Å². The number of ether oxygens (including phenoxy) is 1. The van der Waals surface area contributed by atoms with Crippen molar-refractivity contribution in [3.63, 3.8) is 0 Å². The second kappa shape index (κ2) is 7.97. The number of imide groups is 1. The van der Waals surface area contributed by atoms with Gasteiger partial charge in [0, 0.05) is 5.70 Å². The lowest BCUT2D eigenvalue weighted by Crippen LogP contribution is -2.31. The molecule has 2 aromatic carbocycles. The van der Waals surface area contributed by atoms with Crippen molar-refractivity contribution < 1.29 is 19.1 Å². The van der Waals surface area contributed by atoms with Crippen LogP contribution >= 0.6 is 0 Å². The normalized spacial score (nSPS) is 16.6. The summed E-state index contributed by atoms with van der Waals surface area (Å²) in [4.78, 5) is 44.1. The molecule has 1 N–H and O–H groups in total. The maximum absolute atomic E-state index is 12.9. The minimum Gasteiger partial charge on any atom is -0.463 e. The van der Waals surface area contributed by atoms with Gasteiger partial charge < -0.3 is 10.1 Å². The number of esters is 1. The fourth-order valence-corrected chi connectivity index (χ4v) is 4.13. The summed E-state index contributed by atoms with van der Waals surface area (Å²) >= 11 is 0. The minimum atomic E-state index is -0.750. The highest BCUT2D eigenvalue weighted by atomic mass is 16.5. The summed E-state index contributed by atoms with van der Waals surface area (Å²) in [7, 11) is 0. The van der Waals surface area contributed by atoms with E-state index in [1.807, 2.05) is 0 Å². The number of nitrogens with one attached hydrogen (secondary N) is 1. The minimum absolute atomic E-state index is 0.106. The molecule has 0 saturated heterocycles. The average molecular weight is 454 g/mol. The molecule has 1 atom stereocenters. The van der Waals surface area contributed by atoms with Crippen molar-refractivity contribution in [2.24, 2.45) is 0 Å². The number of benzene rings is 2. The summed E-state index contributed by atoms with van der Waals surface area (Å²) in [5.41, 5.74) is 2.47. The van der Waals surface area contributed by atoms with E-state index in [-0.39, 0.29) is 29.6 Å². The lowest BCUT2D eigenvalue weighted by molar-refractivity contribution is -0.139. The molecule has 0 saturated carbocycles. The molecule has 0 aliphatic carbocycles. The topological polar surface area (TPSA) is 130 Å². The molecule has 3 heterocycles. The molecule has 1 unspecified atom stereocenters. The van der Waals surface area contributed by atoms with E-state index in [1.165, 1.54) is 4.68 Å². The van der Waals surface area contributed by atoms with E-state index < -0.39 is 23.8 Å². The van der Waals surface area contributed by atoms with E-state index in [9.17, 15) is 14.4 Å². The van der Waals surface area contributed by atoms with E-state index in [2.05, 4.69) is 21.5 Å². The molecule has 1 aromatic heterocycles. The molecule has 34 heavy (non-hydrogen) atoms. The Kier molecular flexibility index (Phi) is 4.94. The number of nitriles is 1. The molecule has 0 bridgehead atoms. The predicted octanol–water partition coefficient (Wildman–Crippen LogP) is 2.80. The number of amides is 2. The van der Waals surface area contributed by atoms with Gasteiger partial charge in [-0.1, -0.05) is 24.3 Å². The fourth-order valence-electron chi connectivity index (χ4n) is 4.13. The van der Waals surface area contributed by atoms with E-state index >= 15 is 0 Å². The van der Waals surface area contributed by atoms with E-state index in [1.54, 1.807) is 62.4 Å². The zero-order valence-electron chi connectivity index (χ0n) is 18.3. The molecule has 2 aliphatic heterocycles. The van der Waals surface area contributed by atoms with Gasteiger partial charge in [-0.25, -0.2) is 14.4 Å². The number of anilines is 2. The van der Waals surface area contributed by atoms with Crippen molar-refractivity contribution in [3.05, 3.63) is 82.1 Å². The van der Waals surface area contributed by atoms with E-state index in [4.69, 9.17) is 10.00 Å². The highest BCUT2D eigenvalue weighted by Crippen LogP contribution is 2.37.